The van der Waals surface area contributed by atoms with Crippen molar-refractivity contribution in [3.05, 3.63) is 89.2 Å². The van der Waals surface area contributed by atoms with Crippen molar-refractivity contribution in [1.29, 1.82) is 0 Å². The lowest BCUT2D eigenvalue weighted by Gasteiger charge is -2.33. The second-order valence-corrected chi connectivity index (χ2v) is 8.15. The zero-order valence-electron chi connectivity index (χ0n) is 18.3. The van der Waals surface area contributed by atoms with E-state index < -0.39 is 5.97 Å². The summed E-state index contributed by atoms with van der Waals surface area (Å²) in [5, 5.41) is 16.4. The molecule has 1 aliphatic heterocycles. The van der Waals surface area contributed by atoms with Gasteiger partial charge in [-0.25, -0.2) is 0 Å². The van der Waals surface area contributed by atoms with Crippen molar-refractivity contribution in [2.45, 2.75) is 25.3 Å². The van der Waals surface area contributed by atoms with Crippen LogP contribution in [0.25, 0.3) is 0 Å². The molecule has 0 bridgehead atoms. The third-order valence-corrected chi connectivity index (χ3v) is 6.00. The third-order valence-electron chi connectivity index (χ3n) is 6.00. The average Bonchev–Trinajstić information content (AvgIpc) is 2.82. The monoisotopic (exact) mass is 431 g/mol. The number of aromatic nitrogens is 1. The van der Waals surface area contributed by atoms with E-state index in [0.717, 1.165) is 42.9 Å². The lowest BCUT2D eigenvalue weighted by Crippen LogP contribution is -2.37. The fourth-order valence-corrected chi connectivity index (χ4v) is 4.40. The molecule has 2 atom stereocenters. The predicted octanol–water partition coefficient (Wildman–Crippen LogP) is 3.88. The number of nitrogens with one attached hydrogen (secondary N) is 2. The molecule has 0 unspecified atom stereocenters. The average molecular weight is 432 g/mol. The van der Waals surface area contributed by atoms with Gasteiger partial charge in [-0.05, 0) is 48.7 Å². The van der Waals surface area contributed by atoms with Crippen LogP contribution >= 0.6 is 0 Å². The van der Waals surface area contributed by atoms with E-state index in [0.29, 0.717) is 17.2 Å². The number of hydrogen-bond donors (Lipinski definition) is 3. The van der Waals surface area contributed by atoms with E-state index >= 15 is 0 Å². The van der Waals surface area contributed by atoms with Crippen LogP contribution in [0.1, 0.15) is 28.4 Å². The maximum absolute atomic E-state index is 11.1. The predicted molar refractivity (Wildman–Crippen MR) is 125 cm³/mol. The minimum atomic E-state index is -0.861. The third kappa shape index (κ3) is 5.26. The van der Waals surface area contributed by atoms with Crippen LogP contribution in [0.5, 0.6) is 5.75 Å². The van der Waals surface area contributed by atoms with Gasteiger partial charge in [0.25, 0.3) is 0 Å². The molecule has 4 rings (SSSR count). The molecule has 32 heavy (non-hydrogen) atoms. The SMILES string of the molecule is COc1cc(CCN[C@H](c2ccccc2)[C@H]2CNc3cccnc3C2)ccc1CC(=O)O. The largest absolute Gasteiger partial charge is 0.496 e. The number of pyridine rings is 1. The molecule has 2 aromatic carbocycles. The first-order chi connectivity index (χ1) is 15.6. The summed E-state index contributed by atoms with van der Waals surface area (Å²) in [6.45, 7) is 1.69. The zero-order valence-corrected chi connectivity index (χ0v) is 18.3. The van der Waals surface area contributed by atoms with Crippen LogP contribution in [0, 0.1) is 5.92 Å². The molecule has 0 amide bonds. The summed E-state index contributed by atoms with van der Waals surface area (Å²) in [5.74, 6) is 0.150. The van der Waals surface area contributed by atoms with E-state index in [1.807, 2.05) is 36.5 Å². The fourth-order valence-electron chi connectivity index (χ4n) is 4.40. The molecular formula is C26H29N3O3. The quantitative estimate of drug-likeness (QED) is 0.477. The Labute approximate surface area is 188 Å². The lowest BCUT2D eigenvalue weighted by atomic mass is 9.86. The van der Waals surface area contributed by atoms with Crippen molar-refractivity contribution >= 4 is 11.7 Å². The standard InChI is InChI=1S/C26H29N3O3/c1-32-24-14-18(9-10-20(24)16-25(30)31)11-13-28-26(19-6-3-2-4-7-19)21-15-23-22(29-17-21)8-5-12-27-23/h2-10,12,14,21,26,28-29H,11,13,15-17H2,1H3,(H,30,31)/t21-,26-/m1/s1. The molecule has 0 spiro atoms. The number of aliphatic carboxylic acids is 1. The van der Waals surface area contributed by atoms with Crippen molar-refractivity contribution in [3.8, 4) is 5.75 Å². The molecule has 1 aliphatic rings. The lowest BCUT2D eigenvalue weighted by molar-refractivity contribution is -0.136. The molecule has 0 saturated heterocycles. The van der Waals surface area contributed by atoms with E-state index in [2.05, 4.69) is 45.9 Å². The highest BCUT2D eigenvalue weighted by Crippen LogP contribution is 2.31. The smallest absolute Gasteiger partial charge is 0.307 e. The highest BCUT2D eigenvalue weighted by molar-refractivity contribution is 5.71. The van der Waals surface area contributed by atoms with E-state index in [1.165, 1.54) is 5.56 Å². The number of nitrogens with zero attached hydrogens (tertiary/aromatic N) is 1. The maximum Gasteiger partial charge on any atom is 0.307 e. The highest BCUT2D eigenvalue weighted by Gasteiger charge is 2.27. The van der Waals surface area contributed by atoms with Crippen LogP contribution < -0.4 is 15.4 Å². The Morgan fingerprint density at radius 3 is 2.84 bits per heavy atom. The summed E-state index contributed by atoms with van der Waals surface area (Å²) in [6.07, 6.45) is 3.56. The van der Waals surface area contributed by atoms with Gasteiger partial charge >= 0.3 is 5.97 Å². The van der Waals surface area contributed by atoms with E-state index in [4.69, 9.17) is 9.84 Å². The second-order valence-electron chi connectivity index (χ2n) is 8.15. The first-order valence-corrected chi connectivity index (χ1v) is 11.0. The van der Waals surface area contributed by atoms with Gasteiger partial charge in [-0.2, -0.15) is 0 Å². The van der Waals surface area contributed by atoms with Gasteiger partial charge < -0.3 is 20.5 Å². The Bertz CT molecular complexity index is 1060. The number of methoxy groups -OCH3 is 1. The first kappa shape index (κ1) is 21.8. The van der Waals surface area contributed by atoms with Crippen molar-refractivity contribution in [2.24, 2.45) is 5.92 Å². The Kier molecular flexibility index (Phi) is 7.02. The second kappa shape index (κ2) is 10.3. The summed E-state index contributed by atoms with van der Waals surface area (Å²) in [7, 11) is 1.58. The molecule has 0 aliphatic carbocycles. The normalized spacial score (nSPS) is 16.0. The molecule has 0 saturated carbocycles. The molecule has 3 aromatic rings. The van der Waals surface area contributed by atoms with Gasteiger partial charge in [-0.15, -0.1) is 0 Å². The molecule has 0 fully saturated rings. The van der Waals surface area contributed by atoms with Crippen LogP contribution in [-0.2, 0) is 24.1 Å². The van der Waals surface area contributed by atoms with Gasteiger partial charge in [0.05, 0.1) is 24.9 Å². The molecule has 0 radical (unpaired) electrons. The summed E-state index contributed by atoms with van der Waals surface area (Å²) in [4.78, 5) is 15.6. The first-order valence-electron chi connectivity index (χ1n) is 11.0. The van der Waals surface area contributed by atoms with Crippen molar-refractivity contribution in [1.82, 2.24) is 10.3 Å². The molecule has 166 valence electrons. The Hall–Kier alpha value is -3.38. The summed E-state index contributed by atoms with van der Waals surface area (Å²) in [6, 6.07) is 20.6. The number of ether oxygens (including phenoxy) is 1. The Balaban J connectivity index is 1.45. The Morgan fingerprint density at radius 2 is 2.06 bits per heavy atom. The molecule has 2 heterocycles. The molecule has 6 nitrogen and oxygen atoms in total. The zero-order chi connectivity index (χ0) is 22.3. The van der Waals surface area contributed by atoms with Crippen molar-refractivity contribution < 1.29 is 14.6 Å². The van der Waals surface area contributed by atoms with Crippen LogP contribution in [0.15, 0.2) is 66.9 Å². The van der Waals surface area contributed by atoms with Crippen LogP contribution in [-0.4, -0.2) is 36.3 Å². The van der Waals surface area contributed by atoms with Gasteiger partial charge in [0.2, 0.25) is 0 Å². The number of benzene rings is 2. The number of carboxylic acid groups (broad SMARTS) is 1. The summed E-state index contributed by atoms with van der Waals surface area (Å²) >= 11 is 0. The molecule has 3 N–H and O–H groups in total. The molecule has 1 aromatic heterocycles. The molecular weight excluding hydrogens is 402 g/mol. The number of hydrogen-bond acceptors (Lipinski definition) is 5. The van der Waals surface area contributed by atoms with Gasteiger partial charge in [0, 0.05) is 30.3 Å². The topological polar surface area (TPSA) is 83.5 Å². The van der Waals surface area contributed by atoms with Crippen LogP contribution in [0.3, 0.4) is 0 Å². The number of anilines is 1. The minimum absolute atomic E-state index is 0.0397. The number of rotatable bonds is 9. The van der Waals surface area contributed by atoms with Crippen LogP contribution in [0.2, 0.25) is 0 Å². The number of carbonyl (C=O) groups is 1. The van der Waals surface area contributed by atoms with Gasteiger partial charge in [0.15, 0.2) is 0 Å². The minimum Gasteiger partial charge on any atom is -0.496 e. The van der Waals surface area contributed by atoms with Gasteiger partial charge in [-0.3, -0.25) is 9.78 Å². The van der Waals surface area contributed by atoms with E-state index in [-0.39, 0.29) is 12.5 Å². The number of carboxylic acids is 1. The van der Waals surface area contributed by atoms with Gasteiger partial charge in [0.1, 0.15) is 5.75 Å². The summed E-state index contributed by atoms with van der Waals surface area (Å²) in [5.41, 5.74) is 5.32. The number of fused-ring (bicyclic) bond motifs is 1. The Morgan fingerprint density at radius 1 is 1.22 bits per heavy atom. The van der Waals surface area contributed by atoms with Crippen LogP contribution in [0.4, 0.5) is 5.69 Å². The van der Waals surface area contributed by atoms with Crippen molar-refractivity contribution in [3.63, 3.8) is 0 Å². The van der Waals surface area contributed by atoms with Crippen molar-refractivity contribution in [2.75, 3.05) is 25.5 Å². The molecule has 6 heteroatoms. The highest BCUT2D eigenvalue weighted by atomic mass is 16.5. The van der Waals surface area contributed by atoms with E-state index in [9.17, 15) is 4.79 Å². The maximum atomic E-state index is 11.1. The summed E-state index contributed by atoms with van der Waals surface area (Å²) < 4.78 is 5.41. The van der Waals surface area contributed by atoms with Gasteiger partial charge in [-0.1, -0.05) is 42.5 Å². The van der Waals surface area contributed by atoms with E-state index in [1.54, 1.807) is 7.11 Å². The fraction of sp³-hybridized carbons (Fsp3) is 0.308.